The number of amides is 1. The van der Waals surface area contributed by atoms with Gasteiger partial charge in [-0.1, -0.05) is 35.3 Å². The summed E-state index contributed by atoms with van der Waals surface area (Å²) in [4.78, 5) is 12.0. The van der Waals surface area contributed by atoms with E-state index in [9.17, 15) is 4.79 Å². The molecule has 18 heavy (non-hydrogen) atoms. The zero-order valence-corrected chi connectivity index (χ0v) is 13.3. The number of carbonyl (C=O) groups excluding carboxylic acids is 1. The van der Waals surface area contributed by atoms with Gasteiger partial charge in [-0.2, -0.15) is 0 Å². The largest absolute Gasteiger partial charge is 0.324 e. The van der Waals surface area contributed by atoms with Gasteiger partial charge in [0.2, 0.25) is 5.91 Å². The van der Waals surface area contributed by atoms with Gasteiger partial charge in [0.25, 0.3) is 0 Å². The topological polar surface area (TPSA) is 55.1 Å². The average Bonchev–Trinajstić information content (AvgIpc) is 2.24. The predicted octanol–water partition coefficient (Wildman–Crippen LogP) is 3.64. The van der Waals surface area contributed by atoms with Gasteiger partial charge in [0.05, 0.1) is 5.54 Å². The third-order valence-corrected chi connectivity index (χ3v) is 3.66. The number of rotatable bonds is 4. The summed E-state index contributed by atoms with van der Waals surface area (Å²) >= 11 is 3.43. The molecular weight excluding hydrogens is 316 g/mol. The van der Waals surface area contributed by atoms with Gasteiger partial charge in [-0.25, -0.2) is 0 Å². The molecule has 0 spiro atoms. The molecule has 1 atom stereocenters. The molecule has 0 aliphatic rings. The van der Waals surface area contributed by atoms with Gasteiger partial charge in [0.15, 0.2) is 0 Å². The van der Waals surface area contributed by atoms with Crippen LogP contribution in [0.3, 0.4) is 0 Å². The lowest BCUT2D eigenvalue weighted by molar-refractivity contribution is -0.120. The smallest absolute Gasteiger partial charge is 0.244 e. The Hall–Kier alpha value is -0.580. The lowest BCUT2D eigenvalue weighted by Crippen LogP contribution is -2.48. The van der Waals surface area contributed by atoms with E-state index < -0.39 is 5.54 Å². The van der Waals surface area contributed by atoms with Gasteiger partial charge in [-0.15, -0.1) is 12.4 Å². The molecule has 1 rings (SSSR count). The highest BCUT2D eigenvalue weighted by Crippen LogP contribution is 2.24. The van der Waals surface area contributed by atoms with Crippen LogP contribution >= 0.6 is 28.3 Å². The van der Waals surface area contributed by atoms with E-state index >= 15 is 0 Å². The van der Waals surface area contributed by atoms with E-state index in [2.05, 4.69) is 21.2 Å². The van der Waals surface area contributed by atoms with Crippen molar-refractivity contribution in [2.75, 3.05) is 5.32 Å². The van der Waals surface area contributed by atoms with Crippen molar-refractivity contribution in [2.45, 2.75) is 39.2 Å². The lowest BCUT2D eigenvalue weighted by Gasteiger charge is -2.23. The first-order valence-corrected chi connectivity index (χ1v) is 6.53. The Morgan fingerprint density at radius 2 is 2.11 bits per heavy atom. The molecule has 0 radical (unpaired) electrons. The standard InChI is InChI=1S/C13H19BrN2O.ClH/c1-4-8-13(3,15)12(17)16-11-7-5-6-10(14)9(11)2;/h5-7H,4,8,15H2,1-3H3,(H,16,17);1H. The first kappa shape index (κ1) is 17.4. The molecule has 1 amide bonds. The third-order valence-electron chi connectivity index (χ3n) is 2.80. The second-order valence-electron chi connectivity index (χ2n) is 4.53. The monoisotopic (exact) mass is 334 g/mol. The molecule has 1 aromatic rings. The van der Waals surface area contributed by atoms with Crippen molar-refractivity contribution >= 4 is 39.9 Å². The maximum Gasteiger partial charge on any atom is 0.244 e. The molecule has 1 unspecified atom stereocenters. The Labute approximate surface area is 123 Å². The number of carbonyl (C=O) groups is 1. The predicted molar refractivity (Wildman–Crippen MR) is 82.3 cm³/mol. The summed E-state index contributed by atoms with van der Waals surface area (Å²) < 4.78 is 0.976. The minimum absolute atomic E-state index is 0. The fourth-order valence-corrected chi connectivity index (χ4v) is 2.01. The summed E-state index contributed by atoms with van der Waals surface area (Å²) in [6, 6.07) is 5.71. The second-order valence-corrected chi connectivity index (χ2v) is 5.39. The highest BCUT2D eigenvalue weighted by Gasteiger charge is 2.27. The van der Waals surface area contributed by atoms with Gasteiger partial charge in [0.1, 0.15) is 0 Å². The van der Waals surface area contributed by atoms with Crippen LogP contribution in [0.2, 0.25) is 0 Å². The van der Waals surface area contributed by atoms with Crippen LogP contribution < -0.4 is 11.1 Å². The zero-order chi connectivity index (χ0) is 13.1. The molecule has 3 N–H and O–H groups in total. The number of nitrogens with one attached hydrogen (secondary N) is 1. The van der Waals surface area contributed by atoms with E-state index in [1.54, 1.807) is 6.92 Å². The van der Waals surface area contributed by atoms with E-state index in [1.807, 2.05) is 32.0 Å². The van der Waals surface area contributed by atoms with Gasteiger partial charge in [0, 0.05) is 10.2 Å². The van der Waals surface area contributed by atoms with Crippen LogP contribution in [0.1, 0.15) is 32.3 Å². The minimum Gasteiger partial charge on any atom is -0.324 e. The zero-order valence-electron chi connectivity index (χ0n) is 10.9. The lowest BCUT2D eigenvalue weighted by atomic mass is 9.96. The van der Waals surface area contributed by atoms with E-state index in [4.69, 9.17) is 5.73 Å². The number of nitrogens with two attached hydrogens (primary N) is 1. The van der Waals surface area contributed by atoms with Gasteiger partial charge in [-0.05, 0) is 38.0 Å². The van der Waals surface area contributed by atoms with Crippen LogP contribution in [-0.2, 0) is 4.79 Å². The SMILES string of the molecule is CCCC(C)(N)C(=O)Nc1cccc(Br)c1C.Cl. The number of hydrogen-bond acceptors (Lipinski definition) is 2. The molecule has 0 fully saturated rings. The van der Waals surface area contributed by atoms with Crippen LogP contribution in [-0.4, -0.2) is 11.4 Å². The third kappa shape index (κ3) is 4.26. The van der Waals surface area contributed by atoms with Crippen molar-refractivity contribution in [2.24, 2.45) is 5.73 Å². The van der Waals surface area contributed by atoms with Crippen LogP contribution in [0.5, 0.6) is 0 Å². The molecule has 1 aromatic carbocycles. The normalized spacial score (nSPS) is 13.4. The van der Waals surface area contributed by atoms with Crippen molar-refractivity contribution in [1.29, 1.82) is 0 Å². The Morgan fingerprint density at radius 3 is 2.67 bits per heavy atom. The molecular formula is C13H20BrClN2O. The maximum atomic E-state index is 12.0. The minimum atomic E-state index is -0.816. The first-order valence-electron chi connectivity index (χ1n) is 5.74. The molecule has 0 bridgehead atoms. The second kappa shape index (κ2) is 7.12. The van der Waals surface area contributed by atoms with Crippen molar-refractivity contribution < 1.29 is 4.79 Å². The molecule has 0 heterocycles. The van der Waals surface area contributed by atoms with Crippen molar-refractivity contribution in [1.82, 2.24) is 0 Å². The molecule has 3 nitrogen and oxygen atoms in total. The summed E-state index contributed by atoms with van der Waals surface area (Å²) in [7, 11) is 0. The highest BCUT2D eigenvalue weighted by atomic mass is 79.9. The summed E-state index contributed by atoms with van der Waals surface area (Å²) in [5, 5.41) is 2.88. The number of anilines is 1. The van der Waals surface area contributed by atoms with Gasteiger partial charge < -0.3 is 11.1 Å². The van der Waals surface area contributed by atoms with Crippen molar-refractivity contribution in [3.63, 3.8) is 0 Å². The van der Waals surface area contributed by atoms with Gasteiger partial charge in [-0.3, -0.25) is 4.79 Å². The number of benzene rings is 1. The van der Waals surface area contributed by atoms with E-state index in [0.717, 1.165) is 22.1 Å². The summed E-state index contributed by atoms with van der Waals surface area (Å²) in [5.74, 6) is -0.138. The fraction of sp³-hybridized carbons (Fsp3) is 0.462. The molecule has 0 saturated carbocycles. The molecule has 5 heteroatoms. The Bertz CT molecular complexity index is 421. The maximum absolute atomic E-state index is 12.0. The van der Waals surface area contributed by atoms with Crippen LogP contribution in [0.4, 0.5) is 5.69 Å². The van der Waals surface area contributed by atoms with Crippen molar-refractivity contribution in [3.8, 4) is 0 Å². The molecule has 0 aromatic heterocycles. The number of halogens is 2. The summed E-state index contributed by atoms with van der Waals surface area (Å²) in [6.45, 7) is 5.73. The van der Waals surface area contributed by atoms with Gasteiger partial charge >= 0.3 is 0 Å². The quantitative estimate of drug-likeness (QED) is 0.882. The first-order chi connectivity index (χ1) is 7.88. The van der Waals surface area contributed by atoms with Crippen LogP contribution in [0.15, 0.2) is 22.7 Å². The summed E-state index contributed by atoms with van der Waals surface area (Å²) in [5.41, 5.74) is 6.98. The van der Waals surface area contributed by atoms with Crippen molar-refractivity contribution in [3.05, 3.63) is 28.2 Å². The molecule has 0 aliphatic heterocycles. The van der Waals surface area contributed by atoms with Crippen LogP contribution in [0, 0.1) is 6.92 Å². The Balaban J connectivity index is 0.00000289. The Kier molecular flexibility index (Phi) is 6.89. The van der Waals surface area contributed by atoms with Crippen LogP contribution in [0.25, 0.3) is 0 Å². The molecule has 102 valence electrons. The molecule has 0 aliphatic carbocycles. The fourth-order valence-electron chi connectivity index (χ4n) is 1.64. The summed E-state index contributed by atoms with van der Waals surface area (Å²) in [6.07, 6.45) is 1.56. The van der Waals surface area contributed by atoms with E-state index in [-0.39, 0.29) is 18.3 Å². The highest BCUT2D eigenvalue weighted by molar-refractivity contribution is 9.10. The Morgan fingerprint density at radius 1 is 1.50 bits per heavy atom. The number of hydrogen-bond donors (Lipinski definition) is 2. The molecule has 0 saturated heterocycles. The van der Waals surface area contributed by atoms with E-state index in [1.165, 1.54) is 0 Å². The average molecular weight is 336 g/mol. The van der Waals surface area contributed by atoms with E-state index in [0.29, 0.717) is 6.42 Å².